The van der Waals surface area contributed by atoms with Crippen LogP contribution in [-0.4, -0.2) is 41.3 Å². The number of aromatic nitrogens is 3. The monoisotopic (exact) mass is 388 g/mol. The Bertz CT molecular complexity index is 1290. The molecule has 5 nitrogen and oxygen atoms in total. The van der Waals surface area contributed by atoms with Crippen LogP contribution in [0, 0.1) is 6.92 Å². The molecule has 7 heteroatoms. The quantitative estimate of drug-likeness (QED) is 0.507. The van der Waals surface area contributed by atoms with Crippen molar-refractivity contribution in [2.45, 2.75) is 18.8 Å². The van der Waals surface area contributed by atoms with E-state index in [9.17, 15) is 4.79 Å². The van der Waals surface area contributed by atoms with Crippen LogP contribution in [0.1, 0.15) is 27.2 Å². The molecular formula is C23H18B2N4O. The predicted octanol–water partition coefficient (Wildman–Crippen LogP) is 3.05. The summed E-state index contributed by atoms with van der Waals surface area (Å²) < 4.78 is 1.82. The molecule has 4 aromatic rings. The third-order valence-corrected chi connectivity index (χ3v) is 5.68. The summed E-state index contributed by atoms with van der Waals surface area (Å²) in [5.74, 6) is -0.204. The fourth-order valence-corrected chi connectivity index (χ4v) is 4.12. The number of amides is 1. The molecule has 0 fully saturated rings. The molecule has 5 rings (SSSR count). The number of aryl methyl sites for hydroxylation is 2. The van der Waals surface area contributed by atoms with Gasteiger partial charge in [-0.2, -0.15) is 5.10 Å². The van der Waals surface area contributed by atoms with Crippen molar-refractivity contribution in [3.8, 4) is 11.1 Å². The first kappa shape index (κ1) is 18.7. The normalized spacial score (nSPS) is 15.0. The van der Waals surface area contributed by atoms with Crippen LogP contribution in [0.4, 0.5) is 0 Å². The topological polar surface area (TPSA) is 51.0 Å². The van der Waals surface area contributed by atoms with Crippen LogP contribution in [0.3, 0.4) is 0 Å². The Hall–Kier alpha value is -3.34. The van der Waals surface area contributed by atoms with E-state index in [1.165, 1.54) is 4.90 Å². The highest BCUT2D eigenvalue weighted by atomic mass is 16.2. The van der Waals surface area contributed by atoms with Crippen LogP contribution in [0.2, 0.25) is 0 Å². The van der Waals surface area contributed by atoms with E-state index in [1.54, 1.807) is 18.3 Å². The molecule has 1 amide bonds. The zero-order valence-corrected chi connectivity index (χ0v) is 16.8. The van der Waals surface area contributed by atoms with Crippen molar-refractivity contribution in [2.75, 3.05) is 0 Å². The van der Waals surface area contributed by atoms with Crippen LogP contribution in [0.5, 0.6) is 0 Å². The standard InChI is InChI=1S/C23H18B2N4O/c1-14-10-20-17(13-28(2)27-20)11-19(14)16-7-5-15(6-8-16)12-29-22(30)18-4-3-9-26-21(18)23(29,24)25/h3-11,13H,12H2,1-2H3. The number of nitrogens with zero attached hydrogens (tertiary/aromatic N) is 4. The van der Waals surface area contributed by atoms with E-state index in [-0.39, 0.29) is 5.91 Å². The Balaban J connectivity index is 1.44. The van der Waals surface area contributed by atoms with Crippen LogP contribution >= 0.6 is 0 Å². The number of fused-ring (bicyclic) bond motifs is 2. The first-order valence-corrected chi connectivity index (χ1v) is 9.73. The van der Waals surface area contributed by atoms with E-state index < -0.39 is 5.34 Å². The second kappa shape index (κ2) is 6.59. The number of hydrogen-bond acceptors (Lipinski definition) is 3. The highest BCUT2D eigenvalue weighted by molar-refractivity contribution is 6.42. The van der Waals surface area contributed by atoms with E-state index in [4.69, 9.17) is 15.7 Å². The van der Waals surface area contributed by atoms with Gasteiger partial charge < -0.3 is 4.90 Å². The highest BCUT2D eigenvalue weighted by Gasteiger charge is 2.42. The summed E-state index contributed by atoms with van der Waals surface area (Å²) in [6.07, 6.45) is 3.61. The Labute approximate surface area is 177 Å². The maximum Gasteiger partial charge on any atom is 0.255 e. The predicted molar refractivity (Wildman–Crippen MR) is 118 cm³/mol. The minimum atomic E-state index is -1.42. The number of benzene rings is 2. The van der Waals surface area contributed by atoms with Crippen molar-refractivity contribution in [3.05, 3.63) is 83.3 Å². The summed E-state index contributed by atoms with van der Waals surface area (Å²) in [5.41, 5.74) is 6.22. The first-order chi connectivity index (χ1) is 14.3. The summed E-state index contributed by atoms with van der Waals surface area (Å²) in [7, 11) is 14.5. The molecule has 0 aliphatic carbocycles. The van der Waals surface area contributed by atoms with Gasteiger partial charge in [0.15, 0.2) is 0 Å². The van der Waals surface area contributed by atoms with Crippen molar-refractivity contribution in [1.82, 2.24) is 19.7 Å². The van der Waals surface area contributed by atoms with Crippen molar-refractivity contribution in [2.24, 2.45) is 7.05 Å². The molecular weight excluding hydrogens is 370 g/mol. The van der Waals surface area contributed by atoms with Crippen molar-refractivity contribution < 1.29 is 4.79 Å². The lowest BCUT2D eigenvalue weighted by atomic mass is 9.59. The Kier molecular flexibility index (Phi) is 4.10. The Morgan fingerprint density at radius 2 is 1.83 bits per heavy atom. The van der Waals surface area contributed by atoms with Crippen LogP contribution in [0.15, 0.2) is 60.9 Å². The van der Waals surface area contributed by atoms with E-state index in [1.807, 2.05) is 30.1 Å². The number of pyridine rings is 1. The molecule has 30 heavy (non-hydrogen) atoms. The lowest BCUT2D eigenvalue weighted by molar-refractivity contribution is 0.0731. The zero-order chi connectivity index (χ0) is 21.0. The van der Waals surface area contributed by atoms with E-state index in [0.717, 1.165) is 33.2 Å². The molecule has 1 aliphatic rings. The van der Waals surface area contributed by atoms with E-state index >= 15 is 0 Å². The molecule has 0 bridgehead atoms. The largest absolute Gasteiger partial charge is 0.340 e. The van der Waals surface area contributed by atoms with Gasteiger partial charge in [0.2, 0.25) is 0 Å². The molecule has 0 atom stereocenters. The fraction of sp³-hybridized carbons (Fsp3) is 0.174. The lowest BCUT2D eigenvalue weighted by Crippen LogP contribution is -2.44. The molecule has 0 spiro atoms. The lowest BCUT2D eigenvalue weighted by Gasteiger charge is -2.33. The molecule has 142 valence electrons. The van der Waals surface area contributed by atoms with Gasteiger partial charge >= 0.3 is 0 Å². The molecule has 0 unspecified atom stereocenters. The van der Waals surface area contributed by atoms with Gasteiger partial charge in [-0.25, -0.2) is 0 Å². The summed E-state index contributed by atoms with van der Waals surface area (Å²) >= 11 is 0. The third-order valence-electron chi connectivity index (χ3n) is 5.68. The molecule has 3 heterocycles. The fourth-order valence-electron chi connectivity index (χ4n) is 4.12. The average Bonchev–Trinajstić information content (AvgIpc) is 3.18. The summed E-state index contributed by atoms with van der Waals surface area (Å²) in [4.78, 5) is 18.5. The van der Waals surface area contributed by atoms with Crippen LogP contribution < -0.4 is 0 Å². The molecule has 0 saturated heterocycles. The number of hydrogen-bond donors (Lipinski definition) is 0. The second-order valence-corrected chi connectivity index (χ2v) is 7.84. The Morgan fingerprint density at radius 1 is 1.07 bits per heavy atom. The molecule has 4 radical (unpaired) electrons. The van der Waals surface area contributed by atoms with Gasteiger partial charge in [-0.15, -0.1) is 0 Å². The van der Waals surface area contributed by atoms with Gasteiger partial charge in [0, 0.05) is 36.7 Å². The molecule has 0 saturated carbocycles. The summed E-state index contributed by atoms with van der Waals surface area (Å²) in [5, 5.41) is 4.15. The summed E-state index contributed by atoms with van der Waals surface area (Å²) in [6, 6.07) is 15.8. The molecule has 2 aromatic carbocycles. The SMILES string of the molecule is [B]C1([B])c2ncccc2C(=O)N1Cc1ccc(-c2cc3cn(C)nc3cc2C)cc1. The van der Waals surface area contributed by atoms with Crippen molar-refractivity contribution in [3.63, 3.8) is 0 Å². The summed E-state index contributed by atoms with van der Waals surface area (Å²) in [6.45, 7) is 2.39. The number of carbonyl (C=O) groups is 1. The van der Waals surface area contributed by atoms with Gasteiger partial charge in [-0.3, -0.25) is 14.5 Å². The number of carbonyl (C=O) groups excluding carboxylic acids is 1. The van der Waals surface area contributed by atoms with Gasteiger partial charge in [0.25, 0.3) is 5.91 Å². The minimum absolute atomic E-state index is 0.204. The van der Waals surface area contributed by atoms with Gasteiger partial charge in [0.1, 0.15) is 0 Å². The maximum atomic E-state index is 12.8. The van der Waals surface area contributed by atoms with Crippen LogP contribution in [-0.2, 0) is 18.9 Å². The average molecular weight is 388 g/mol. The van der Waals surface area contributed by atoms with Gasteiger partial charge in [-0.05, 0) is 53.4 Å². The number of rotatable bonds is 3. The van der Waals surface area contributed by atoms with E-state index in [0.29, 0.717) is 17.8 Å². The molecule has 1 aliphatic heterocycles. The molecule has 2 aromatic heterocycles. The van der Waals surface area contributed by atoms with E-state index in [2.05, 4.69) is 41.3 Å². The highest BCUT2D eigenvalue weighted by Crippen LogP contribution is 2.34. The first-order valence-electron chi connectivity index (χ1n) is 9.73. The van der Waals surface area contributed by atoms with Crippen molar-refractivity contribution in [1.29, 1.82) is 0 Å². The minimum Gasteiger partial charge on any atom is -0.340 e. The third kappa shape index (κ3) is 2.84. The second-order valence-electron chi connectivity index (χ2n) is 7.84. The van der Waals surface area contributed by atoms with Gasteiger partial charge in [-0.1, -0.05) is 24.3 Å². The van der Waals surface area contributed by atoms with Crippen molar-refractivity contribution >= 4 is 32.5 Å². The maximum absolute atomic E-state index is 12.8. The molecule has 0 N–H and O–H groups in total. The smallest absolute Gasteiger partial charge is 0.255 e. The van der Waals surface area contributed by atoms with Crippen LogP contribution in [0.25, 0.3) is 22.0 Å². The zero-order valence-electron chi connectivity index (χ0n) is 16.8. The Morgan fingerprint density at radius 3 is 2.57 bits per heavy atom. The van der Waals surface area contributed by atoms with Gasteiger partial charge in [0.05, 0.1) is 32.5 Å².